The summed E-state index contributed by atoms with van der Waals surface area (Å²) in [6.45, 7) is 6.58. The van der Waals surface area contributed by atoms with Gasteiger partial charge in [-0.25, -0.2) is 0 Å². The minimum atomic E-state index is -0.913. The molecule has 38 heavy (non-hydrogen) atoms. The molecule has 0 spiro atoms. The summed E-state index contributed by atoms with van der Waals surface area (Å²) in [5, 5.41) is 28.4. The van der Waals surface area contributed by atoms with Gasteiger partial charge < -0.3 is 24.9 Å². The zero-order chi connectivity index (χ0) is 27.7. The molecule has 0 aromatic heterocycles. The maximum absolute atomic E-state index is 10.1. The fourth-order valence-electron chi connectivity index (χ4n) is 3.69. The van der Waals surface area contributed by atoms with E-state index in [2.05, 4.69) is 20.8 Å². The maximum Gasteiger partial charge on any atom is 1.00 e. The molecule has 0 saturated heterocycles. The molecular weight excluding hydrogens is 502 g/mol. The van der Waals surface area contributed by atoms with E-state index in [0.717, 1.165) is 38.5 Å². The van der Waals surface area contributed by atoms with E-state index in [9.17, 15) is 24.6 Å². The summed E-state index contributed by atoms with van der Waals surface area (Å²) in [6.07, 6.45) is 25.3. The molecule has 0 unspecified atom stereocenters. The van der Waals surface area contributed by atoms with Crippen LogP contribution in [0.5, 0.6) is 0 Å². The van der Waals surface area contributed by atoms with Crippen LogP contribution in [0, 0.1) is 0 Å². The first-order chi connectivity index (χ1) is 17.3. The molecule has 0 aromatic rings. The Balaban J connectivity index is -0.000000140. The molecule has 0 aliphatic heterocycles. The third-order valence-electron chi connectivity index (χ3n) is 5.96. The van der Waals surface area contributed by atoms with Crippen molar-refractivity contribution in [1.29, 1.82) is 0 Å². The van der Waals surface area contributed by atoms with Crippen molar-refractivity contribution in [1.82, 2.24) is 0 Å². The summed E-state index contributed by atoms with van der Waals surface area (Å²) >= 11 is 0. The Morgan fingerprint density at radius 3 is 0.842 bits per heavy atom. The van der Waals surface area contributed by atoms with E-state index in [1.165, 1.54) is 96.3 Å². The van der Waals surface area contributed by atoms with E-state index < -0.39 is 17.9 Å². The quantitative estimate of drug-likeness (QED) is 0.139. The molecule has 1 N–H and O–H groups in total. The van der Waals surface area contributed by atoms with Crippen molar-refractivity contribution in [3.63, 3.8) is 0 Å². The van der Waals surface area contributed by atoms with E-state index in [-0.39, 0.29) is 72.0 Å². The molecule has 0 heterocycles. The van der Waals surface area contributed by atoms with Gasteiger partial charge in [-0.1, -0.05) is 136 Å². The summed E-state index contributed by atoms with van der Waals surface area (Å²) in [5.41, 5.74) is 0. The molecule has 0 amide bonds. The van der Waals surface area contributed by atoms with Crippen molar-refractivity contribution in [3.05, 3.63) is 0 Å². The normalized spacial score (nSPS) is 9.55. The summed E-state index contributed by atoms with van der Waals surface area (Å²) in [6, 6.07) is 0. The van der Waals surface area contributed by atoms with Gasteiger partial charge in [0.15, 0.2) is 0 Å². The molecule has 8 heteroatoms. The smallest absolute Gasteiger partial charge is 0.550 e. The van der Waals surface area contributed by atoms with Crippen LogP contribution in [0.4, 0.5) is 0 Å². The first-order valence-corrected chi connectivity index (χ1v) is 14.9. The Kier molecular flexibility index (Phi) is 56.3. The fourth-order valence-corrected chi connectivity index (χ4v) is 3.69. The molecule has 0 saturated carbocycles. The van der Waals surface area contributed by atoms with E-state index in [1.807, 2.05) is 0 Å². The molecule has 0 rings (SSSR count). The largest absolute Gasteiger partial charge is 1.00 e. The summed E-state index contributed by atoms with van der Waals surface area (Å²) in [5.74, 6) is -2.49. The number of carboxylic acids is 3. The number of rotatable bonds is 24. The number of carboxylic acid groups (broad SMARTS) is 3. The molecule has 0 fully saturated rings. The van der Waals surface area contributed by atoms with Crippen LogP contribution >= 0.6 is 0 Å². The van der Waals surface area contributed by atoms with Gasteiger partial charge in [-0.3, -0.25) is 4.79 Å². The van der Waals surface area contributed by atoms with E-state index in [4.69, 9.17) is 5.11 Å². The van der Waals surface area contributed by atoms with Crippen LogP contribution < -0.4 is 69.3 Å². The van der Waals surface area contributed by atoms with E-state index >= 15 is 0 Å². The number of aliphatic carboxylic acids is 3. The van der Waals surface area contributed by atoms with Gasteiger partial charge in [0.25, 0.3) is 0 Å². The Labute approximate surface area is 279 Å². The van der Waals surface area contributed by atoms with E-state index in [0.29, 0.717) is 6.42 Å². The van der Waals surface area contributed by atoms with Crippen molar-refractivity contribution in [2.45, 2.75) is 175 Å². The molecule has 216 valence electrons. The average molecular weight is 561 g/mol. The molecule has 0 aromatic carbocycles. The second kappa shape index (κ2) is 44.4. The molecule has 0 aliphatic rings. The number of unbranched alkanes of at least 4 members (excludes halogenated alkanes) is 18. The van der Waals surface area contributed by atoms with Crippen LogP contribution in [0.15, 0.2) is 0 Å². The van der Waals surface area contributed by atoms with Crippen LogP contribution in [0.25, 0.3) is 0 Å². The minimum absolute atomic E-state index is 0. The Bertz CT molecular complexity index is 409. The van der Waals surface area contributed by atoms with Gasteiger partial charge in [0.1, 0.15) is 0 Å². The number of carbonyl (C=O) groups is 3. The first kappa shape index (κ1) is 48.2. The number of carbonyl (C=O) groups excluding carboxylic acids is 2. The first-order valence-electron chi connectivity index (χ1n) is 14.9. The van der Waals surface area contributed by atoms with Gasteiger partial charge in [0.05, 0.1) is 0 Å². The Morgan fingerprint density at radius 1 is 0.421 bits per heavy atom. The van der Waals surface area contributed by atoms with Crippen LogP contribution in [0.2, 0.25) is 0 Å². The topological polar surface area (TPSA) is 118 Å². The predicted octanol–water partition coefficient (Wildman–Crippen LogP) is 0.974. The van der Waals surface area contributed by atoms with Crippen LogP contribution in [-0.2, 0) is 14.4 Å². The van der Waals surface area contributed by atoms with Crippen molar-refractivity contribution >= 4 is 17.9 Å². The summed E-state index contributed by atoms with van der Waals surface area (Å²) < 4.78 is 0. The van der Waals surface area contributed by atoms with Crippen LogP contribution in [-0.4, -0.2) is 23.0 Å². The van der Waals surface area contributed by atoms with Gasteiger partial charge in [-0.05, 0) is 32.1 Å². The predicted molar refractivity (Wildman–Crippen MR) is 145 cm³/mol. The number of hydrogen-bond acceptors (Lipinski definition) is 5. The van der Waals surface area contributed by atoms with Gasteiger partial charge in [-0.2, -0.15) is 0 Å². The summed E-state index contributed by atoms with van der Waals surface area (Å²) in [4.78, 5) is 30.2. The van der Waals surface area contributed by atoms with Crippen molar-refractivity contribution in [2.24, 2.45) is 0 Å². The molecule has 6 nitrogen and oxygen atoms in total. The third kappa shape index (κ3) is 60.8. The Hall–Kier alpha value is 0.410. The van der Waals surface area contributed by atoms with Gasteiger partial charge in [-0.15, -0.1) is 0 Å². The minimum Gasteiger partial charge on any atom is -0.550 e. The molecule has 0 atom stereocenters. The van der Waals surface area contributed by atoms with Gasteiger partial charge >= 0.3 is 65.1 Å². The molecule has 0 radical (unpaired) electrons. The zero-order valence-electron chi connectivity index (χ0n) is 26.0. The van der Waals surface area contributed by atoms with Crippen molar-refractivity contribution < 1.29 is 88.8 Å². The number of hydrogen-bond donors (Lipinski definition) is 1. The van der Waals surface area contributed by atoms with E-state index in [1.54, 1.807) is 0 Å². The molecular formula is C30H58Na2O6. The maximum atomic E-state index is 10.1. The zero-order valence-corrected chi connectivity index (χ0v) is 30.0. The SMILES string of the molecule is CCCCCCCCCC(=O)O.CCCCCCCCCC(=O)[O-].CCCCCCCCCC(=O)[O-].[Na+].[Na+]. The Morgan fingerprint density at radius 2 is 0.632 bits per heavy atom. The van der Waals surface area contributed by atoms with Crippen LogP contribution in [0.3, 0.4) is 0 Å². The van der Waals surface area contributed by atoms with Gasteiger partial charge in [0.2, 0.25) is 0 Å². The average Bonchev–Trinajstić information content (AvgIpc) is 2.83. The fraction of sp³-hybridized carbons (Fsp3) is 0.900. The monoisotopic (exact) mass is 560 g/mol. The second-order valence-corrected chi connectivity index (χ2v) is 9.75. The second-order valence-electron chi connectivity index (χ2n) is 9.75. The molecule has 0 aliphatic carbocycles. The van der Waals surface area contributed by atoms with Crippen molar-refractivity contribution in [3.8, 4) is 0 Å². The molecule has 0 bridgehead atoms. The summed E-state index contributed by atoms with van der Waals surface area (Å²) in [7, 11) is 0. The third-order valence-corrected chi connectivity index (χ3v) is 5.96. The van der Waals surface area contributed by atoms with Gasteiger partial charge in [0, 0.05) is 18.4 Å². The van der Waals surface area contributed by atoms with Crippen molar-refractivity contribution in [2.75, 3.05) is 0 Å². The standard InChI is InChI=1S/3C10H20O2.2Na/c3*1-2-3-4-5-6-7-8-9-10(11)12;;/h3*2-9H2,1H3,(H,11,12);;/q;;;2*+1/p-2. The van der Waals surface area contributed by atoms with Crippen LogP contribution in [0.1, 0.15) is 175 Å².